The summed E-state index contributed by atoms with van der Waals surface area (Å²) < 4.78 is 5.20. The minimum Gasteiger partial charge on any atom is -0.497 e. The second-order valence-corrected chi connectivity index (χ2v) is 5.92. The second kappa shape index (κ2) is 6.28. The van der Waals surface area contributed by atoms with Gasteiger partial charge in [0.1, 0.15) is 5.75 Å². The maximum absolute atomic E-state index is 12.7. The lowest BCUT2D eigenvalue weighted by Gasteiger charge is -2.36. The number of methoxy groups -OCH3 is 1. The summed E-state index contributed by atoms with van der Waals surface area (Å²) in [7, 11) is 1.66. The van der Waals surface area contributed by atoms with Crippen molar-refractivity contribution in [1.82, 2.24) is 10.2 Å². The van der Waals surface area contributed by atoms with Gasteiger partial charge in [0.25, 0.3) is 5.91 Å². The van der Waals surface area contributed by atoms with Crippen molar-refractivity contribution in [3.8, 4) is 5.75 Å². The number of carbonyl (C=O) groups excluding carboxylic acids is 1. The Morgan fingerprint density at radius 2 is 2.14 bits per heavy atom. The van der Waals surface area contributed by atoms with Crippen molar-refractivity contribution in [2.24, 2.45) is 0 Å². The first-order chi connectivity index (χ1) is 10.3. The Bertz CT molecular complexity index is 595. The van der Waals surface area contributed by atoms with Crippen molar-refractivity contribution in [3.63, 3.8) is 0 Å². The van der Waals surface area contributed by atoms with Crippen molar-refractivity contribution >= 4 is 17.2 Å². The van der Waals surface area contributed by atoms with Crippen LogP contribution in [0.4, 0.5) is 0 Å². The van der Waals surface area contributed by atoms with Crippen LogP contribution in [0.5, 0.6) is 5.75 Å². The van der Waals surface area contributed by atoms with E-state index in [1.165, 1.54) is 11.3 Å². The van der Waals surface area contributed by atoms with Crippen LogP contribution in [-0.2, 0) is 0 Å². The minimum atomic E-state index is 0.0688. The SMILES string of the molecule is COc1ccc([C@@H]2CNCCN2C(=O)c2cccs2)cc1. The van der Waals surface area contributed by atoms with E-state index in [1.54, 1.807) is 7.11 Å². The first kappa shape index (κ1) is 14.1. The zero-order chi connectivity index (χ0) is 14.7. The molecule has 4 nitrogen and oxygen atoms in total. The number of benzene rings is 1. The first-order valence-corrected chi connectivity index (χ1v) is 7.86. The van der Waals surface area contributed by atoms with E-state index in [-0.39, 0.29) is 11.9 Å². The number of ether oxygens (including phenoxy) is 1. The maximum atomic E-state index is 12.7. The molecule has 0 aliphatic carbocycles. The monoisotopic (exact) mass is 302 g/mol. The zero-order valence-electron chi connectivity index (χ0n) is 11.9. The van der Waals surface area contributed by atoms with E-state index in [2.05, 4.69) is 5.32 Å². The molecule has 1 aliphatic heterocycles. The topological polar surface area (TPSA) is 41.6 Å². The summed E-state index contributed by atoms with van der Waals surface area (Å²) >= 11 is 1.50. The van der Waals surface area contributed by atoms with Gasteiger partial charge in [-0.05, 0) is 29.1 Å². The van der Waals surface area contributed by atoms with Gasteiger partial charge in [0.2, 0.25) is 0 Å². The van der Waals surface area contributed by atoms with E-state index in [4.69, 9.17) is 4.74 Å². The smallest absolute Gasteiger partial charge is 0.264 e. The molecule has 0 saturated carbocycles. The van der Waals surface area contributed by atoms with Crippen molar-refractivity contribution in [2.75, 3.05) is 26.7 Å². The highest BCUT2D eigenvalue weighted by molar-refractivity contribution is 7.12. The summed E-state index contributed by atoms with van der Waals surface area (Å²) in [6.07, 6.45) is 0. The zero-order valence-corrected chi connectivity index (χ0v) is 12.7. The highest BCUT2D eigenvalue weighted by atomic mass is 32.1. The van der Waals surface area contributed by atoms with E-state index >= 15 is 0 Å². The number of nitrogens with one attached hydrogen (secondary N) is 1. The molecule has 1 saturated heterocycles. The molecule has 0 unspecified atom stereocenters. The third-order valence-corrected chi connectivity index (χ3v) is 4.59. The predicted octanol–water partition coefficient (Wildman–Crippen LogP) is 2.54. The molecule has 110 valence electrons. The molecular formula is C16H18N2O2S. The van der Waals surface area contributed by atoms with Crippen LogP contribution in [0.1, 0.15) is 21.3 Å². The van der Waals surface area contributed by atoms with E-state index < -0.39 is 0 Å². The van der Waals surface area contributed by atoms with Crippen LogP contribution in [0.3, 0.4) is 0 Å². The lowest BCUT2D eigenvalue weighted by molar-refractivity contribution is 0.0639. The fraction of sp³-hybridized carbons (Fsp3) is 0.312. The maximum Gasteiger partial charge on any atom is 0.264 e. The summed E-state index contributed by atoms with van der Waals surface area (Å²) in [6, 6.07) is 11.8. The standard InChI is InChI=1S/C16H18N2O2S/c1-20-13-6-4-12(5-7-13)14-11-17-8-9-18(14)16(19)15-3-2-10-21-15/h2-7,10,14,17H,8-9,11H2,1H3/t14-/m0/s1. The molecular weight excluding hydrogens is 284 g/mol. The predicted molar refractivity (Wildman–Crippen MR) is 84.0 cm³/mol. The fourth-order valence-electron chi connectivity index (χ4n) is 2.61. The van der Waals surface area contributed by atoms with Crippen molar-refractivity contribution in [1.29, 1.82) is 0 Å². The number of piperazine rings is 1. The van der Waals surface area contributed by atoms with Gasteiger partial charge in [0, 0.05) is 19.6 Å². The molecule has 1 aliphatic rings. The minimum absolute atomic E-state index is 0.0688. The molecule has 1 aromatic carbocycles. The van der Waals surface area contributed by atoms with Gasteiger partial charge in [-0.25, -0.2) is 0 Å². The number of carbonyl (C=O) groups is 1. The molecule has 5 heteroatoms. The third kappa shape index (κ3) is 2.94. The molecule has 0 spiro atoms. The van der Waals surface area contributed by atoms with E-state index in [1.807, 2.05) is 46.7 Å². The Hall–Kier alpha value is -1.85. The summed E-state index contributed by atoms with van der Waals surface area (Å²) in [5.41, 5.74) is 1.13. The lowest BCUT2D eigenvalue weighted by atomic mass is 10.0. The average molecular weight is 302 g/mol. The van der Waals surface area contributed by atoms with Gasteiger partial charge in [-0.2, -0.15) is 0 Å². The van der Waals surface area contributed by atoms with Crippen molar-refractivity contribution in [2.45, 2.75) is 6.04 Å². The quantitative estimate of drug-likeness (QED) is 0.947. The van der Waals surface area contributed by atoms with Crippen molar-refractivity contribution in [3.05, 3.63) is 52.2 Å². The summed E-state index contributed by atoms with van der Waals surface area (Å²) in [5.74, 6) is 0.950. The number of hydrogen-bond acceptors (Lipinski definition) is 4. The Morgan fingerprint density at radius 3 is 2.81 bits per heavy atom. The highest BCUT2D eigenvalue weighted by Crippen LogP contribution is 2.26. The van der Waals surface area contributed by atoms with Crippen LogP contribution in [0.15, 0.2) is 41.8 Å². The van der Waals surface area contributed by atoms with Gasteiger partial charge in [-0.1, -0.05) is 18.2 Å². The molecule has 3 rings (SSSR count). The van der Waals surface area contributed by atoms with Gasteiger partial charge in [-0.3, -0.25) is 4.79 Å². The van der Waals surface area contributed by atoms with Crippen LogP contribution >= 0.6 is 11.3 Å². The number of nitrogens with zero attached hydrogens (tertiary/aromatic N) is 1. The van der Waals surface area contributed by atoms with Gasteiger partial charge >= 0.3 is 0 Å². The van der Waals surface area contributed by atoms with Gasteiger partial charge < -0.3 is 15.0 Å². The molecule has 2 heterocycles. The molecule has 1 aromatic heterocycles. The summed E-state index contributed by atoms with van der Waals surface area (Å²) in [5, 5.41) is 5.31. The molecule has 2 aromatic rings. The Kier molecular flexibility index (Phi) is 4.22. The van der Waals surface area contributed by atoms with Gasteiger partial charge in [0.15, 0.2) is 0 Å². The molecule has 21 heavy (non-hydrogen) atoms. The normalized spacial score (nSPS) is 18.5. The summed E-state index contributed by atoms with van der Waals surface area (Å²) in [6.45, 7) is 2.35. The van der Waals surface area contributed by atoms with Crippen LogP contribution in [0.2, 0.25) is 0 Å². The van der Waals surface area contributed by atoms with Crippen molar-refractivity contribution < 1.29 is 9.53 Å². The molecule has 0 bridgehead atoms. The lowest BCUT2D eigenvalue weighted by Crippen LogP contribution is -2.48. The molecule has 1 amide bonds. The second-order valence-electron chi connectivity index (χ2n) is 4.97. The van der Waals surface area contributed by atoms with E-state index in [9.17, 15) is 4.79 Å². The molecule has 1 N–H and O–H groups in total. The van der Waals surface area contributed by atoms with Crippen LogP contribution in [-0.4, -0.2) is 37.6 Å². The fourth-order valence-corrected chi connectivity index (χ4v) is 3.29. The third-order valence-electron chi connectivity index (χ3n) is 3.74. The largest absolute Gasteiger partial charge is 0.497 e. The molecule has 1 fully saturated rings. The van der Waals surface area contributed by atoms with Gasteiger partial charge in [0.05, 0.1) is 18.0 Å². The highest BCUT2D eigenvalue weighted by Gasteiger charge is 2.28. The van der Waals surface area contributed by atoms with E-state index in [0.717, 1.165) is 35.8 Å². The molecule has 1 atom stereocenters. The Morgan fingerprint density at radius 1 is 1.33 bits per heavy atom. The van der Waals surface area contributed by atoms with E-state index in [0.29, 0.717) is 0 Å². The number of thiophene rings is 1. The molecule has 0 radical (unpaired) electrons. The van der Waals surface area contributed by atoms with Crippen LogP contribution in [0, 0.1) is 0 Å². The number of hydrogen-bond donors (Lipinski definition) is 1. The number of rotatable bonds is 3. The van der Waals surface area contributed by atoms with Crippen LogP contribution < -0.4 is 10.1 Å². The Balaban J connectivity index is 1.85. The Labute approximate surface area is 128 Å². The van der Waals surface area contributed by atoms with Gasteiger partial charge in [-0.15, -0.1) is 11.3 Å². The first-order valence-electron chi connectivity index (χ1n) is 6.99. The average Bonchev–Trinajstić information content (AvgIpc) is 3.09. The number of amides is 1. The van der Waals surface area contributed by atoms with Crippen LogP contribution in [0.25, 0.3) is 0 Å². The summed E-state index contributed by atoms with van der Waals surface area (Å²) in [4.78, 5) is 15.4.